The van der Waals surface area contributed by atoms with Crippen LogP contribution in [0.2, 0.25) is 0 Å². The third-order valence-corrected chi connectivity index (χ3v) is 6.58. The van der Waals surface area contributed by atoms with E-state index < -0.39 is 0 Å². The molecule has 1 saturated heterocycles. The van der Waals surface area contributed by atoms with E-state index in [0.29, 0.717) is 18.6 Å². The molecule has 1 saturated carbocycles. The van der Waals surface area contributed by atoms with Crippen molar-refractivity contribution in [1.82, 2.24) is 34.3 Å². The Labute approximate surface area is 192 Å². The Morgan fingerprint density at radius 1 is 1.09 bits per heavy atom. The molecule has 2 aliphatic rings. The second-order valence-electron chi connectivity index (χ2n) is 9.18. The quantitative estimate of drug-likeness (QED) is 0.467. The molecule has 0 bridgehead atoms. The normalized spacial score (nSPS) is 18.5. The predicted octanol–water partition coefficient (Wildman–Crippen LogP) is 3.54. The molecule has 1 aliphatic heterocycles. The summed E-state index contributed by atoms with van der Waals surface area (Å²) in [4.78, 5) is 11.6. The highest BCUT2D eigenvalue weighted by Gasteiger charge is 2.27. The van der Waals surface area contributed by atoms with Gasteiger partial charge in [-0.3, -0.25) is 9.58 Å². The maximum Gasteiger partial charge on any atom is 0.165 e. The number of fused-ring (bicyclic) bond motifs is 1. The van der Waals surface area contributed by atoms with Crippen molar-refractivity contribution in [1.29, 1.82) is 0 Å². The summed E-state index contributed by atoms with van der Waals surface area (Å²) in [6, 6.07) is 8.62. The first-order chi connectivity index (χ1) is 16.0. The van der Waals surface area contributed by atoms with Crippen LogP contribution in [0, 0.1) is 6.92 Å². The van der Waals surface area contributed by atoms with Gasteiger partial charge >= 0.3 is 0 Å². The van der Waals surface area contributed by atoms with Crippen LogP contribution in [0.5, 0.6) is 5.75 Å². The third kappa shape index (κ3) is 3.93. The number of anilines is 2. The summed E-state index contributed by atoms with van der Waals surface area (Å²) in [5.41, 5.74) is 3.96. The smallest absolute Gasteiger partial charge is 0.165 e. The minimum atomic E-state index is 0.481. The van der Waals surface area contributed by atoms with Crippen LogP contribution >= 0.6 is 0 Å². The highest BCUT2D eigenvalue weighted by Crippen LogP contribution is 2.38. The van der Waals surface area contributed by atoms with Gasteiger partial charge in [-0.1, -0.05) is 0 Å². The van der Waals surface area contributed by atoms with Gasteiger partial charge in [0, 0.05) is 48.6 Å². The summed E-state index contributed by atoms with van der Waals surface area (Å²) in [7, 11) is 4.08. The fourth-order valence-electron chi connectivity index (χ4n) is 4.33. The Hall–Kier alpha value is -3.46. The van der Waals surface area contributed by atoms with Crippen LogP contribution in [0.15, 0.2) is 36.7 Å². The van der Waals surface area contributed by atoms with E-state index in [4.69, 9.17) is 9.72 Å². The van der Waals surface area contributed by atoms with E-state index in [1.807, 2.05) is 47.6 Å². The lowest BCUT2D eigenvalue weighted by atomic mass is 10.1. The molecule has 2 fully saturated rings. The molecular weight excluding hydrogens is 416 g/mol. The average molecular weight is 445 g/mol. The molecule has 170 valence electrons. The number of likely N-dealkylation sites (N-methyl/N-ethyl adjacent to an activating group) is 1. The Bertz CT molecular complexity index is 1320. The van der Waals surface area contributed by atoms with E-state index in [1.54, 1.807) is 6.20 Å². The maximum atomic E-state index is 6.16. The van der Waals surface area contributed by atoms with E-state index >= 15 is 0 Å². The molecule has 9 nitrogen and oxygen atoms in total. The Morgan fingerprint density at radius 2 is 1.97 bits per heavy atom. The monoisotopic (exact) mass is 444 g/mol. The van der Waals surface area contributed by atoms with Gasteiger partial charge in [-0.15, -0.1) is 0 Å². The fourth-order valence-corrected chi connectivity index (χ4v) is 4.33. The molecule has 4 aromatic rings. The van der Waals surface area contributed by atoms with E-state index in [9.17, 15) is 0 Å². The Morgan fingerprint density at radius 3 is 2.73 bits per heavy atom. The largest absolute Gasteiger partial charge is 0.488 e. The number of likely N-dealkylation sites (tertiary alicyclic amines) is 1. The van der Waals surface area contributed by atoms with Gasteiger partial charge < -0.3 is 10.1 Å². The molecular formula is C24H28N8O. The summed E-state index contributed by atoms with van der Waals surface area (Å²) >= 11 is 0. The fraction of sp³-hybridized carbons (Fsp3) is 0.417. The molecule has 0 radical (unpaired) electrons. The maximum absolute atomic E-state index is 6.16. The van der Waals surface area contributed by atoms with Crippen LogP contribution < -0.4 is 10.1 Å². The Balaban J connectivity index is 1.25. The van der Waals surface area contributed by atoms with Crippen LogP contribution in [0.1, 0.15) is 36.7 Å². The number of aromatic nitrogens is 6. The highest BCUT2D eigenvalue weighted by molar-refractivity contribution is 5.72. The van der Waals surface area contributed by atoms with Crippen LogP contribution in [-0.4, -0.2) is 60.5 Å². The SMILES string of the molecule is Cc1cc(Nc2cc3cc(-c4c(OC[C@@H]5CCN5C)cnn4C)ccn3n2)nc(C2CC2)n1. The molecule has 1 atom stereocenters. The first-order valence-electron chi connectivity index (χ1n) is 11.5. The van der Waals surface area contributed by atoms with Crippen LogP contribution in [0.4, 0.5) is 11.6 Å². The zero-order chi connectivity index (χ0) is 22.5. The lowest BCUT2D eigenvalue weighted by Crippen LogP contribution is -2.48. The molecule has 4 aromatic heterocycles. The van der Waals surface area contributed by atoms with E-state index in [-0.39, 0.29) is 0 Å². The second kappa shape index (κ2) is 7.84. The minimum Gasteiger partial charge on any atom is -0.488 e. The van der Waals surface area contributed by atoms with Crippen molar-refractivity contribution in [2.75, 3.05) is 25.5 Å². The Kier molecular flexibility index (Phi) is 4.79. The molecule has 5 heterocycles. The molecule has 6 rings (SSSR count). The van der Waals surface area contributed by atoms with Gasteiger partial charge in [-0.25, -0.2) is 14.5 Å². The molecule has 0 unspecified atom stereocenters. The van der Waals surface area contributed by atoms with E-state index in [0.717, 1.165) is 52.2 Å². The minimum absolute atomic E-state index is 0.481. The molecule has 0 spiro atoms. The number of pyridine rings is 1. The zero-order valence-corrected chi connectivity index (χ0v) is 19.2. The number of aryl methyl sites for hydroxylation is 2. The van der Waals surface area contributed by atoms with Crippen molar-refractivity contribution in [2.24, 2.45) is 7.05 Å². The standard InChI is InChI=1S/C24H28N8O/c1-15-10-21(28-24(26-15)16-4-5-16)27-22-12-19-11-17(6-9-32(19)29-22)23-20(13-25-31(23)3)33-14-18-7-8-30(18)2/h6,9-13,16,18H,4-5,7-8,14H2,1-3H3,(H,26,27,28,29)/t18-/m0/s1. The van der Waals surface area contributed by atoms with Crippen molar-refractivity contribution >= 4 is 17.2 Å². The van der Waals surface area contributed by atoms with Gasteiger partial charge in [0.15, 0.2) is 11.6 Å². The van der Waals surface area contributed by atoms with Gasteiger partial charge in [0.1, 0.15) is 23.9 Å². The topological polar surface area (TPSA) is 85.4 Å². The first kappa shape index (κ1) is 20.2. The third-order valence-electron chi connectivity index (χ3n) is 6.58. The van der Waals surface area contributed by atoms with Gasteiger partial charge in [-0.05, 0) is 51.9 Å². The molecule has 33 heavy (non-hydrogen) atoms. The first-order valence-corrected chi connectivity index (χ1v) is 11.5. The van der Waals surface area contributed by atoms with Crippen LogP contribution in [0.25, 0.3) is 16.8 Å². The van der Waals surface area contributed by atoms with Crippen molar-refractivity contribution in [3.8, 4) is 17.0 Å². The second-order valence-corrected chi connectivity index (χ2v) is 9.18. The summed E-state index contributed by atoms with van der Waals surface area (Å²) in [5, 5.41) is 12.5. The lowest BCUT2D eigenvalue weighted by molar-refractivity contribution is 0.0771. The van der Waals surface area contributed by atoms with Gasteiger partial charge in [-0.2, -0.15) is 10.2 Å². The summed E-state index contributed by atoms with van der Waals surface area (Å²) in [6.45, 7) is 3.82. The van der Waals surface area contributed by atoms with E-state index in [2.05, 4.69) is 38.5 Å². The van der Waals surface area contributed by atoms with E-state index in [1.165, 1.54) is 19.3 Å². The average Bonchev–Trinajstić information content (AvgIpc) is 3.47. The van der Waals surface area contributed by atoms with Gasteiger partial charge in [0.25, 0.3) is 0 Å². The molecule has 0 aromatic carbocycles. The lowest BCUT2D eigenvalue weighted by Gasteiger charge is -2.37. The van der Waals surface area contributed by atoms with Crippen molar-refractivity contribution < 1.29 is 4.74 Å². The van der Waals surface area contributed by atoms with Gasteiger partial charge in [0.05, 0.1) is 11.7 Å². The van der Waals surface area contributed by atoms with Crippen LogP contribution in [-0.2, 0) is 7.05 Å². The van der Waals surface area contributed by atoms with Crippen LogP contribution in [0.3, 0.4) is 0 Å². The highest BCUT2D eigenvalue weighted by atomic mass is 16.5. The summed E-state index contributed by atoms with van der Waals surface area (Å²) < 4.78 is 9.88. The number of nitrogens with one attached hydrogen (secondary N) is 1. The van der Waals surface area contributed by atoms with Crippen molar-refractivity contribution in [3.05, 3.63) is 48.2 Å². The molecule has 1 N–H and O–H groups in total. The zero-order valence-electron chi connectivity index (χ0n) is 19.2. The summed E-state index contributed by atoms with van der Waals surface area (Å²) in [5.74, 6) is 3.79. The van der Waals surface area contributed by atoms with Crippen molar-refractivity contribution in [2.45, 2.75) is 38.1 Å². The predicted molar refractivity (Wildman–Crippen MR) is 126 cm³/mol. The molecule has 1 aliphatic carbocycles. The summed E-state index contributed by atoms with van der Waals surface area (Å²) in [6.07, 6.45) is 7.30. The molecule has 9 heteroatoms. The van der Waals surface area contributed by atoms with Gasteiger partial charge in [0.2, 0.25) is 0 Å². The number of hydrogen-bond acceptors (Lipinski definition) is 7. The number of hydrogen-bond donors (Lipinski definition) is 1. The number of rotatable bonds is 7. The molecule has 0 amide bonds. The van der Waals surface area contributed by atoms with Crippen molar-refractivity contribution in [3.63, 3.8) is 0 Å². The number of nitrogens with zero attached hydrogens (tertiary/aromatic N) is 7. The number of ether oxygens (including phenoxy) is 1.